The lowest BCUT2D eigenvalue weighted by Gasteiger charge is -2.12. The topological polar surface area (TPSA) is 106 Å². The number of carbonyl (C=O) groups is 1. The van der Waals surface area contributed by atoms with Crippen LogP contribution in [0.1, 0.15) is 52.4 Å². The Labute approximate surface area is 158 Å². The number of aliphatic carboxylic acids is 1. The van der Waals surface area contributed by atoms with Crippen LogP contribution < -0.4 is 0 Å². The highest BCUT2D eigenvalue weighted by Gasteiger charge is 2.29. The summed E-state index contributed by atoms with van der Waals surface area (Å²) in [6, 6.07) is 0. The number of carboxylic acid groups (broad SMARTS) is 1. The highest BCUT2D eigenvalue weighted by molar-refractivity contribution is 7.92. The average Bonchev–Trinajstić information content (AvgIpc) is 2.53. The minimum atomic E-state index is -3.67. The lowest BCUT2D eigenvalue weighted by Crippen LogP contribution is -2.32. The van der Waals surface area contributed by atoms with E-state index >= 15 is 0 Å². The second-order valence-corrected chi connectivity index (χ2v) is 10.7. The Bertz CT molecular complexity index is 608. The fourth-order valence-electron chi connectivity index (χ4n) is 2.25. The summed E-state index contributed by atoms with van der Waals surface area (Å²) in [4.78, 5) is 11.3. The van der Waals surface area contributed by atoms with Crippen LogP contribution in [-0.4, -0.2) is 50.9 Å². The zero-order chi connectivity index (χ0) is 20.1. The maximum atomic E-state index is 12.1. The Morgan fingerprint density at radius 1 is 0.808 bits per heavy atom. The molecule has 8 heteroatoms. The van der Waals surface area contributed by atoms with Gasteiger partial charge in [-0.1, -0.05) is 63.8 Å². The van der Waals surface area contributed by atoms with Gasteiger partial charge in [-0.05, 0) is 12.8 Å². The van der Waals surface area contributed by atoms with Gasteiger partial charge in [-0.2, -0.15) is 0 Å². The van der Waals surface area contributed by atoms with Gasteiger partial charge in [-0.15, -0.1) is 0 Å². The zero-order valence-corrected chi connectivity index (χ0v) is 17.4. The second-order valence-electron chi connectivity index (χ2n) is 6.42. The average molecular weight is 409 g/mol. The molecule has 0 atom stereocenters. The highest BCUT2D eigenvalue weighted by Crippen LogP contribution is 2.10. The summed E-state index contributed by atoms with van der Waals surface area (Å²) in [7, 11) is -7.34. The van der Waals surface area contributed by atoms with E-state index in [-0.39, 0.29) is 11.5 Å². The SMILES string of the molecule is CCCCC=CCS(=O)(=O)CC(CS(=O)(=O)CC=CCCCC)C(=O)O. The van der Waals surface area contributed by atoms with Crippen LogP contribution in [0.4, 0.5) is 0 Å². The normalized spacial score (nSPS) is 14.2. The predicted molar refractivity (Wildman–Crippen MR) is 106 cm³/mol. The molecule has 0 radical (unpaired) electrons. The first-order valence-electron chi connectivity index (χ1n) is 9.07. The quantitative estimate of drug-likeness (QED) is 0.330. The first-order valence-corrected chi connectivity index (χ1v) is 12.7. The summed E-state index contributed by atoms with van der Waals surface area (Å²) >= 11 is 0. The second kappa shape index (κ2) is 13.1. The van der Waals surface area contributed by atoms with E-state index in [9.17, 15) is 26.7 Å². The van der Waals surface area contributed by atoms with Crippen molar-refractivity contribution in [1.29, 1.82) is 0 Å². The molecule has 6 nitrogen and oxygen atoms in total. The van der Waals surface area contributed by atoms with Crippen LogP contribution >= 0.6 is 0 Å². The fourth-order valence-corrected chi connectivity index (χ4v) is 5.28. The molecule has 1 N–H and O–H groups in total. The number of hydrogen-bond acceptors (Lipinski definition) is 5. The van der Waals surface area contributed by atoms with E-state index < -0.39 is 43.1 Å². The van der Waals surface area contributed by atoms with Crippen LogP contribution in [0.15, 0.2) is 24.3 Å². The Balaban J connectivity index is 4.74. The molecule has 0 rings (SSSR count). The minimum Gasteiger partial charge on any atom is -0.481 e. The number of unbranched alkanes of at least 4 members (excludes halogenated alkanes) is 4. The Morgan fingerprint density at radius 2 is 1.19 bits per heavy atom. The Hall–Kier alpha value is -1.15. The van der Waals surface area contributed by atoms with Gasteiger partial charge < -0.3 is 5.11 Å². The smallest absolute Gasteiger partial charge is 0.308 e. The van der Waals surface area contributed by atoms with E-state index in [0.29, 0.717) is 0 Å². The first kappa shape index (κ1) is 24.8. The monoisotopic (exact) mass is 408 g/mol. The first-order chi connectivity index (χ1) is 12.1. The van der Waals surface area contributed by atoms with Gasteiger partial charge in [0.05, 0.1) is 28.9 Å². The standard InChI is InChI=1S/C18H32O6S2/c1-3-5-7-9-11-13-25(21,22)15-17(18(19)20)16-26(23,24)14-12-10-8-6-4-2/h9-12,17H,3-8,13-16H2,1-2H3,(H,19,20). The molecule has 0 bridgehead atoms. The summed E-state index contributed by atoms with van der Waals surface area (Å²) in [5.41, 5.74) is 0. The molecule has 152 valence electrons. The van der Waals surface area contributed by atoms with E-state index in [1.54, 1.807) is 12.2 Å². The Morgan fingerprint density at radius 3 is 1.50 bits per heavy atom. The van der Waals surface area contributed by atoms with Crippen molar-refractivity contribution in [1.82, 2.24) is 0 Å². The highest BCUT2D eigenvalue weighted by atomic mass is 32.2. The number of rotatable bonds is 15. The van der Waals surface area contributed by atoms with Crippen LogP contribution in [-0.2, 0) is 24.5 Å². The lowest BCUT2D eigenvalue weighted by molar-refractivity contribution is -0.140. The summed E-state index contributed by atoms with van der Waals surface area (Å²) in [5, 5.41) is 9.22. The lowest BCUT2D eigenvalue weighted by atomic mass is 10.2. The molecule has 0 aromatic carbocycles. The van der Waals surface area contributed by atoms with Gasteiger partial charge in [-0.3, -0.25) is 4.79 Å². The summed E-state index contributed by atoms with van der Waals surface area (Å²) in [6.45, 7) is 4.06. The summed E-state index contributed by atoms with van der Waals surface area (Å²) in [6.07, 6.45) is 12.0. The third-order valence-electron chi connectivity index (χ3n) is 3.74. The van der Waals surface area contributed by atoms with Crippen molar-refractivity contribution in [3.8, 4) is 0 Å². The minimum absolute atomic E-state index is 0.266. The molecule has 0 aromatic heterocycles. The number of hydrogen-bond donors (Lipinski definition) is 1. The molecule has 0 aliphatic heterocycles. The molecule has 0 spiro atoms. The number of sulfone groups is 2. The third-order valence-corrected chi connectivity index (χ3v) is 6.96. The van der Waals surface area contributed by atoms with Crippen molar-refractivity contribution in [2.24, 2.45) is 5.92 Å². The van der Waals surface area contributed by atoms with E-state index in [0.717, 1.165) is 38.5 Å². The van der Waals surface area contributed by atoms with Crippen molar-refractivity contribution in [2.45, 2.75) is 52.4 Å². The third kappa shape index (κ3) is 13.1. The molecule has 0 aliphatic carbocycles. The van der Waals surface area contributed by atoms with Gasteiger partial charge >= 0.3 is 5.97 Å². The number of carboxylic acids is 1. The van der Waals surface area contributed by atoms with Crippen molar-refractivity contribution in [3.05, 3.63) is 24.3 Å². The van der Waals surface area contributed by atoms with Gasteiger partial charge in [0, 0.05) is 0 Å². The molecule has 0 unspecified atom stereocenters. The van der Waals surface area contributed by atoms with Crippen molar-refractivity contribution in [3.63, 3.8) is 0 Å². The fraction of sp³-hybridized carbons (Fsp3) is 0.722. The number of allylic oxidation sites excluding steroid dienone is 2. The predicted octanol–water partition coefficient (Wildman–Crippen LogP) is 3.01. The van der Waals surface area contributed by atoms with Crippen molar-refractivity contribution < 1.29 is 26.7 Å². The largest absolute Gasteiger partial charge is 0.481 e. The molecule has 0 saturated heterocycles. The van der Waals surface area contributed by atoms with E-state index in [1.807, 2.05) is 13.8 Å². The van der Waals surface area contributed by atoms with Crippen molar-refractivity contribution in [2.75, 3.05) is 23.0 Å². The van der Waals surface area contributed by atoms with E-state index in [4.69, 9.17) is 0 Å². The molecular formula is C18H32O6S2. The van der Waals surface area contributed by atoms with E-state index in [1.165, 1.54) is 12.2 Å². The molecule has 0 saturated carbocycles. The zero-order valence-electron chi connectivity index (χ0n) is 15.8. The molecule has 0 heterocycles. The molecule has 0 aliphatic rings. The summed E-state index contributed by atoms with van der Waals surface area (Å²) < 4.78 is 48.3. The van der Waals surface area contributed by atoms with Gasteiger partial charge in [0.2, 0.25) is 0 Å². The van der Waals surface area contributed by atoms with Gasteiger partial charge in [0.25, 0.3) is 0 Å². The molecular weight excluding hydrogens is 376 g/mol. The van der Waals surface area contributed by atoms with Crippen LogP contribution in [0.5, 0.6) is 0 Å². The Kier molecular flexibility index (Phi) is 12.5. The molecule has 0 fully saturated rings. The molecule has 0 amide bonds. The van der Waals surface area contributed by atoms with Gasteiger partial charge in [0.15, 0.2) is 19.7 Å². The van der Waals surface area contributed by atoms with Crippen LogP contribution in [0.3, 0.4) is 0 Å². The molecule has 0 aromatic rings. The van der Waals surface area contributed by atoms with E-state index in [2.05, 4.69) is 0 Å². The maximum Gasteiger partial charge on any atom is 0.308 e. The van der Waals surface area contributed by atoms with Gasteiger partial charge in [0.1, 0.15) is 0 Å². The maximum absolute atomic E-state index is 12.1. The van der Waals surface area contributed by atoms with Crippen LogP contribution in [0.2, 0.25) is 0 Å². The van der Waals surface area contributed by atoms with Crippen LogP contribution in [0.25, 0.3) is 0 Å². The van der Waals surface area contributed by atoms with Gasteiger partial charge in [-0.25, -0.2) is 16.8 Å². The van der Waals surface area contributed by atoms with Crippen molar-refractivity contribution >= 4 is 25.6 Å². The summed E-state index contributed by atoms with van der Waals surface area (Å²) in [5.74, 6) is -4.71. The van der Waals surface area contributed by atoms with Crippen LogP contribution in [0, 0.1) is 5.92 Å². The molecule has 26 heavy (non-hydrogen) atoms.